The molecule has 1 unspecified atom stereocenters. The third kappa shape index (κ3) is 1.50. The lowest BCUT2D eigenvalue weighted by Gasteiger charge is -2.08. The zero-order valence-electron chi connectivity index (χ0n) is 9.03. The predicted octanol–water partition coefficient (Wildman–Crippen LogP) is 2.38. The van der Waals surface area contributed by atoms with Gasteiger partial charge in [-0.2, -0.15) is 0 Å². The Bertz CT molecular complexity index is 506. The number of rotatable bonds is 2. The van der Waals surface area contributed by atoms with Crippen LogP contribution in [0.4, 0.5) is 5.13 Å². The molecule has 0 saturated heterocycles. The van der Waals surface area contributed by atoms with Crippen LogP contribution in [0, 0.1) is 0 Å². The first-order valence-electron chi connectivity index (χ1n) is 5.33. The average molecular weight is 231 g/mol. The Hall–Kier alpha value is -1.39. The number of thiazole rings is 1. The van der Waals surface area contributed by atoms with Gasteiger partial charge in [0.1, 0.15) is 0 Å². The van der Waals surface area contributed by atoms with Crippen molar-refractivity contribution in [2.75, 3.05) is 12.4 Å². The Labute approximate surface area is 98.5 Å². The molecule has 2 heterocycles. The molecule has 3 nitrogen and oxygen atoms in total. The van der Waals surface area contributed by atoms with Crippen LogP contribution in [-0.4, -0.2) is 12.0 Å². The first-order chi connectivity index (χ1) is 7.88. The minimum Gasteiger partial charge on any atom is -0.365 e. The monoisotopic (exact) mass is 231 g/mol. The van der Waals surface area contributed by atoms with E-state index < -0.39 is 0 Å². The van der Waals surface area contributed by atoms with Crippen LogP contribution < -0.4 is 10.6 Å². The fourth-order valence-corrected chi connectivity index (χ4v) is 2.79. The van der Waals surface area contributed by atoms with Crippen molar-refractivity contribution in [1.82, 2.24) is 10.3 Å². The van der Waals surface area contributed by atoms with Gasteiger partial charge in [-0.3, -0.25) is 0 Å². The van der Waals surface area contributed by atoms with Crippen molar-refractivity contribution in [2.24, 2.45) is 0 Å². The van der Waals surface area contributed by atoms with Crippen LogP contribution in [0.25, 0.3) is 0 Å². The Kier molecular flexibility index (Phi) is 2.38. The Morgan fingerprint density at radius 3 is 3.12 bits per heavy atom. The van der Waals surface area contributed by atoms with Gasteiger partial charge in [0, 0.05) is 19.0 Å². The van der Waals surface area contributed by atoms with Crippen LogP contribution >= 0.6 is 11.3 Å². The molecule has 4 heteroatoms. The molecule has 0 bridgehead atoms. The van der Waals surface area contributed by atoms with E-state index >= 15 is 0 Å². The topological polar surface area (TPSA) is 37.0 Å². The molecule has 0 spiro atoms. The maximum absolute atomic E-state index is 4.55. The van der Waals surface area contributed by atoms with E-state index in [2.05, 4.69) is 45.3 Å². The van der Waals surface area contributed by atoms with Crippen molar-refractivity contribution < 1.29 is 0 Å². The van der Waals surface area contributed by atoms with Crippen molar-refractivity contribution in [3.63, 3.8) is 0 Å². The third-order valence-corrected chi connectivity index (χ3v) is 3.77. The number of benzene rings is 1. The first-order valence-corrected chi connectivity index (χ1v) is 6.21. The highest BCUT2D eigenvalue weighted by Crippen LogP contribution is 2.31. The normalized spacial score (nSPS) is 18.4. The Balaban J connectivity index is 1.98. The van der Waals surface area contributed by atoms with Gasteiger partial charge in [0.2, 0.25) is 0 Å². The molecule has 1 aliphatic rings. The zero-order valence-corrected chi connectivity index (χ0v) is 9.84. The summed E-state index contributed by atoms with van der Waals surface area (Å²) < 4.78 is 0. The second-order valence-electron chi connectivity index (χ2n) is 3.84. The molecule has 16 heavy (non-hydrogen) atoms. The van der Waals surface area contributed by atoms with E-state index in [4.69, 9.17) is 0 Å². The molecule has 1 aliphatic heterocycles. The molecule has 2 N–H and O–H groups in total. The fraction of sp³-hybridized carbons (Fsp3) is 0.250. The van der Waals surface area contributed by atoms with Gasteiger partial charge in [-0.1, -0.05) is 24.3 Å². The van der Waals surface area contributed by atoms with Crippen molar-refractivity contribution in [2.45, 2.75) is 12.6 Å². The van der Waals surface area contributed by atoms with E-state index in [9.17, 15) is 0 Å². The SMILES string of the molecule is CNc1nc(C2NCc3ccccc32)cs1. The summed E-state index contributed by atoms with van der Waals surface area (Å²) in [4.78, 5) is 4.55. The fourth-order valence-electron chi connectivity index (χ4n) is 2.10. The molecular formula is C12H13N3S. The zero-order chi connectivity index (χ0) is 11.0. The second-order valence-corrected chi connectivity index (χ2v) is 4.70. The summed E-state index contributed by atoms with van der Waals surface area (Å²) in [6, 6.07) is 8.79. The summed E-state index contributed by atoms with van der Waals surface area (Å²) in [5.41, 5.74) is 3.85. The van der Waals surface area contributed by atoms with Crippen molar-refractivity contribution in [1.29, 1.82) is 0 Å². The lowest BCUT2D eigenvalue weighted by Crippen LogP contribution is -2.13. The number of fused-ring (bicyclic) bond motifs is 1. The van der Waals surface area contributed by atoms with Crippen LogP contribution in [0.3, 0.4) is 0 Å². The number of aromatic nitrogens is 1. The molecule has 1 aromatic heterocycles. The smallest absolute Gasteiger partial charge is 0.182 e. The quantitative estimate of drug-likeness (QED) is 0.833. The number of hydrogen-bond donors (Lipinski definition) is 2. The van der Waals surface area contributed by atoms with Crippen molar-refractivity contribution in [3.05, 3.63) is 46.5 Å². The standard InChI is InChI=1S/C12H13N3S/c1-13-12-15-10(7-16-12)11-9-5-3-2-4-8(9)6-14-11/h2-5,7,11,14H,6H2,1H3,(H,13,15). The number of anilines is 1. The van der Waals surface area contributed by atoms with Crippen LogP contribution in [0.15, 0.2) is 29.6 Å². The lowest BCUT2D eigenvalue weighted by molar-refractivity contribution is 0.654. The molecule has 0 fully saturated rings. The van der Waals surface area contributed by atoms with Crippen LogP contribution in [0.2, 0.25) is 0 Å². The van der Waals surface area contributed by atoms with Crippen molar-refractivity contribution >= 4 is 16.5 Å². The lowest BCUT2D eigenvalue weighted by atomic mass is 10.0. The van der Waals surface area contributed by atoms with Gasteiger partial charge in [-0.05, 0) is 11.1 Å². The minimum absolute atomic E-state index is 0.259. The molecule has 2 aromatic rings. The van der Waals surface area contributed by atoms with Gasteiger partial charge >= 0.3 is 0 Å². The van der Waals surface area contributed by atoms with Gasteiger partial charge in [0.25, 0.3) is 0 Å². The molecule has 0 aliphatic carbocycles. The summed E-state index contributed by atoms with van der Waals surface area (Å²) in [5.74, 6) is 0. The summed E-state index contributed by atoms with van der Waals surface area (Å²) in [6.07, 6.45) is 0. The molecule has 1 aromatic carbocycles. The van der Waals surface area contributed by atoms with E-state index in [1.165, 1.54) is 11.1 Å². The average Bonchev–Trinajstić information content (AvgIpc) is 2.94. The summed E-state index contributed by atoms with van der Waals surface area (Å²) in [5, 5.41) is 9.66. The minimum atomic E-state index is 0.259. The van der Waals surface area contributed by atoms with Gasteiger partial charge in [-0.15, -0.1) is 11.3 Å². The van der Waals surface area contributed by atoms with Gasteiger partial charge in [0.15, 0.2) is 5.13 Å². The second kappa shape index (κ2) is 3.88. The first kappa shape index (κ1) is 9.81. The third-order valence-electron chi connectivity index (χ3n) is 2.89. The van der Waals surface area contributed by atoms with E-state index in [1.807, 2.05) is 7.05 Å². The highest BCUT2D eigenvalue weighted by molar-refractivity contribution is 7.13. The van der Waals surface area contributed by atoms with Gasteiger partial charge in [0.05, 0.1) is 11.7 Å². The largest absolute Gasteiger partial charge is 0.365 e. The molecule has 82 valence electrons. The summed E-state index contributed by atoms with van der Waals surface area (Å²) in [6.45, 7) is 0.938. The van der Waals surface area contributed by atoms with Gasteiger partial charge < -0.3 is 10.6 Å². The number of nitrogens with one attached hydrogen (secondary N) is 2. The van der Waals surface area contributed by atoms with E-state index in [1.54, 1.807) is 11.3 Å². The van der Waals surface area contributed by atoms with Gasteiger partial charge in [-0.25, -0.2) is 4.98 Å². The molecule has 0 amide bonds. The van der Waals surface area contributed by atoms with Crippen molar-refractivity contribution in [3.8, 4) is 0 Å². The van der Waals surface area contributed by atoms with Crippen LogP contribution in [-0.2, 0) is 6.54 Å². The molecule has 0 radical (unpaired) electrons. The van der Waals surface area contributed by atoms with Crippen LogP contribution in [0.5, 0.6) is 0 Å². The predicted molar refractivity (Wildman–Crippen MR) is 66.8 cm³/mol. The Morgan fingerprint density at radius 1 is 1.44 bits per heavy atom. The summed E-state index contributed by atoms with van der Waals surface area (Å²) >= 11 is 1.65. The molecule has 0 saturated carbocycles. The van der Waals surface area contributed by atoms with E-state index in [0.29, 0.717) is 0 Å². The molecule has 3 rings (SSSR count). The number of hydrogen-bond acceptors (Lipinski definition) is 4. The highest BCUT2D eigenvalue weighted by Gasteiger charge is 2.24. The van der Waals surface area contributed by atoms with Crippen LogP contribution in [0.1, 0.15) is 22.9 Å². The Morgan fingerprint density at radius 2 is 2.31 bits per heavy atom. The maximum Gasteiger partial charge on any atom is 0.182 e. The molecule has 1 atom stereocenters. The van der Waals surface area contributed by atoms with E-state index in [0.717, 1.165) is 17.4 Å². The maximum atomic E-state index is 4.55. The molecular weight excluding hydrogens is 218 g/mol. The van der Waals surface area contributed by atoms with E-state index in [-0.39, 0.29) is 6.04 Å². The number of nitrogens with zero attached hydrogens (tertiary/aromatic N) is 1. The summed E-state index contributed by atoms with van der Waals surface area (Å²) in [7, 11) is 1.90. The highest BCUT2D eigenvalue weighted by atomic mass is 32.1.